The molecule has 2 fully saturated rings. The summed E-state index contributed by atoms with van der Waals surface area (Å²) in [6.07, 6.45) is 6.17. The molecule has 2 aliphatic heterocycles. The number of nitrogens with zero attached hydrogens (tertiary/aromatic N) is 2. The normalized spacial score (nSPS) is 26.9. The van der Waals surface area contributed by atoms with Gasteiger partial charge in [-0.15, -0.1) is 0 Å². The second-order valence-electron chi connectivity index (χ2n) is 8.63. The first-order valence-electron chi connectivity index (χ1n) is 10.6. The van der Waals surface area contributed by atoms with Gasteiger partial charge >= 0.3 is 12.1 Å². The molecule has 0 bridgehead atoms. The van der Waals surface area contributed by atoms with Crippen LogP contribution in [0.4, 0.5) is 24.5 Å². The molecule has 3 aliphatic rings. The molecule has 1 saturated carbocycles. The fraction of sp³-hybridized carbons (Fsp3) is 0.522. The van der Waals surface area contributed by atoms with Crippen molar-refractivity contribution < 1.29 is 23.1 Å². The van der Waals surface area contributed by atoms with Gasteiger partial charge in [0.25, 0.3) is 0 Å². The van der Waals surface area contributed by atoms with E-state index in [1.54, 1.807) is 30.2 Å². The van der Waals surface area contributed by atoms with Crippen LogP contribution < -0.4 is 9.80 Å². The summed E-state index contributed by atoms with van der Waals surface area (Å²) in [5.41, 5.74) is 0.719. The second-order valence-corrected chi connectivity index (χ2v) is 8.63. The Hall–Kier alpha value is -2.44. The van der Waals surface area contributed by atoms with Crippen LogP contribution in [0, 0.1) is 11.8 Å². The number of aliphatic carboxylic acids is 1. The molecular formula is C23H27F3N2O2. The fourth-order valence-electron chi connectivity index (χ4n) is 5.13. The third kappa shape index (κ3) is 4.07. The van der Waals surface area contributed by atoms with Crippen molar-refractivity contribution in [2.45, 2.75) is 51.2 Å². The maximum atomic E-state index is 13.5. The number of carboxylic acid groups (broad SMARTS) is 1. The van der Waals surface area contributed by atoms with E-state index in [2.05, 4.69) is 4.90 Å². The maximum Gasteiger partial charge on any atom is 0.416 e. The lowest BCUT2D eigenvalue weighted by atomic mass is 9.75. The zero-order valence-corrected chi connectivity index (χ0v) is 17.0. The van der Waals surface area contributed by atoms with E-state index in [4.69, 9.17) is 0 Å². The number of carbonyl (C=O) groups is 1. The zero-order valence-electron chi connectivity index (χ0n) is 17.0. The first-order valence-corrected chi connectivity index (χ1v) is 10.6. The van der Waals surface area contributed by atoms with E-state index >= 15 is 0 Å². The molecule has 1 aromatic carbocycles. The summed E-state index contributed by atoms with van der Waals surface area (Å²) in [5, 5.41) is 9.24. The van der Waals surface area contributed by atoms with E-state index < -0.39 is 17.7 Å². The molecule has 0 amide bonds. The number of halogens is 3. The Labute approximate surface area is 174 Å². The van der Waals surface area contributed by atoms with Gasteiger partial charge < -0.3 is 14.9 Å². The van der Waals surface area contributed by atoms with Crippen molar-refractivity contribution in [3.63, 3.8) is 0 Å². The van der Waals surface area contributed by atoms with Crippen LogP contribution in [0.25, 0.3) is 0 Å². The minimum absolute atomic E-state index is 0.148. The summed E-state index contributed by atoms with van der Waals surface area (Å²) in [4.78, 5) is 15.2. The molecule has 0 spiro atoms. The number of benzene rings is 1. The molecule has 1 saturated heterocycles. The predicted octanol–water partition coefficient (Wildman–Crippen LogP) is 5.46. The van der Waals surface area contributed by atoms with Crippen LogP contribution in [-0.4, -0.2) is 30.2 Å². The van der Waals surface area contributed by atoms with E-state index in [9.17, 15) is 23.1 Å². The average molecular weight is 420 g/mol. The highest BCUT2D eigenvalue weighted by atomic mass is 19.4. The van der Waals surface area contributed by atoms with E-state index in [0.717, 1.165) is 37.2 Å². The van der Waals surface area contributed by atoms with E-state index in [1.165, 1.54) is 37.8 Å². The van der Waals surface area contributed by atoms with Crippen molar-refractivity contribution in [3.05, 3.63) is 47.7 Å². The minimum Gasteiger partial charge on any atom is -0.478 e. The van der Waals surface area contributed by atoms with Crippen molar-refractivity contribution in [3.8, 4) is 0 Å². The first-order chi connectivity index (χ1) is 14.2. The van der Waals surface area contributed by atoms with Crippen molar-refractivity contribution >= 4 is 17.3 Å². The van der Waals surface area contributed by atoms with Gasteiger partial charge in [-0.3, -0.25) is 0 Å². The van der Waals surface area contributed by atoms with Gasteiger partial charge in [0.2, 0.25) is 0 Å². The summed E-state index contributed by atoms with van der Waals surface area (Å²) in [6, 6.07) is 3.57. The van der Waals surface area contributed by atoms with Gasteiger partial charge in [-0.25, -0.2) is 4.79 Å². The quantitative estimate of drug-likeness (QED) is 0.706. The summed E-state index contributed by atoms with van der Waals surface area (Å²) in [7, 11) is 0. The third-order valence-electron chi connectivity index (χ3n) is 6.73. The lowest BCUT2D eigenvalue weighted by Gasteiger charge is -2.44. The Morgan fingerprint density at radius 3 is 2.50 bits per heavy atom. The summed E-state index contributed by atoms with van der Waals surface area (Å²) in [6.45, 7) is 3.50. The highest BCUT2D eigenvalue weighted by molar-refractivity contribution is 5.91. The molecular weight excluding hydrogens is 393 g/mol. The standard InChI is InChI=1S/C23H27F3N2O2/c1-15-12-17(22(29)30)9-11-28(15)21-13-19(23(24,25)26)6-7-20(21)27-10-8-16-4-2-3-5-18(16)14-27/h6-7,9,11-13,15-16,18H,2-5,8,10,14H2,1H3,(H,29,30). The van der Waals surface area contributed by atoms with Gasteiger partial charge in [0, 0.05) is 25.3 Å². The highest BCUT2D eigenvalue weighted by Gasteiger charge is 2.35. The van der Waals surface area contributed by atoms with Gasteiger partial charge in [0.05, 0.1) is 22.5 Å². The topological polar surface area (TPSA) is 43.8 Å². The molecule has 1 N–H and O–H groups in total. The van der Waals surface area contributed by atoms with Gasteiger partial charge in [-0.2, -0.15) is 13.2 Å². The largest absolute Gasteiger partial charge is 0.478 e. The Kier molecular flexibility index (Phi) is 5.55. The van der Waals surface area contributed by atoms with Crippen LogP contribution in [0.5, 0.6) is 0 Å². The number of carboxylic acids is 1. The highest BCUT2D eigenvalue weighted by Crippen LogP contribution is 2.43. The molecule has 4 nitrogen and oxygen atoms in total. The first kappa shape index (κ1) is 20.8. The molecule has 7 heteroatoms. The van der Waals surface area contributed by atoms with Crippen LogP contribution in [0.3, 0.4) is 0 Å². The lowest BCUT2D eigenvalue weighted by molar-refractivity contribution is -0.137. The Morgan fingerprint density at radius 2 is 1.83 bits per heavy atom. The van der Waals surface area contributed by atoms with Crippen molar-refractivity contribution in [1.29, 1.82) is 0 Å². The molecule has 162 valence electrons. The van der Waals surface area contributed by atoms with Crippen molar-refractivity contribution in [2.24, 2.45) is 11.8 Å². The fourth-order valence-corrected chi connectivity index (χ4v) is 5.13. The Balaban J connectivity index is 1.69. The SMILES string of the molecule is CC1C=C(C(=O)O)C=CN1c1cc(C(F)(F)F)ccc1N1CCC2CCCCC2C1. The molecule has 0 aromatic heterocycles. The molecule has 1 aliphatic carbocycles. The van der Waals surface area contributed by atoms with Gasteiger partial charge in [-0.05, 0) is 62.0 Å². The van der Waals surface area contributed by atoms with E-state index in [1.807, 2.05) is 0 Å². The molecule has 30 heavy (non-hydrogen) atoms. The number of piperidine rings is 1. The number of hydrogen-bond acceptors (Lipinski definition) is 3. The van der Waals surface area contributed by atoms with Crippen LogP contribution in [0.1, 0.15) is 44.6 Å². The zero-order chi connectivity index (χ0) is 21.5. The van der Waals surface area contributed by atoms with Gasteiger partial charge in [-0.1, -0.05) is 19.3 Å². The molecule has 2 heterocycles. The van der Waals surface area contributed by atoms with Crippen molar-refractivity contribution in [1.82, 2.24) is 0 Å². The molecule has 0 radical (unpaired) electrons. The lowest BCUT2D eigenvalue weighted by Crippen LogP contribution is -2.42. The summed E-state index contributed by atoms with van der Waals surface area (Å²) < 4.78 is 40.4. The number of fused-ring (bicyclic) bond motifs is 1. The van der Waals surface area contributed by atoms with Crippen LogP contribution in [-0.2, 0) is 11.0 Å². The number of rotatable bonds is 3. The summed E-state index contributed by atoms with van der Waals surface area (Å²) in [5.74, 6) is 0.277. The summed E-state index contributed by atoms with van der Waals surface area (Å²) >= 11 is 0. The molecule has 1 aromatic rings. The maximum absolute atomic E-state index is 13.5. The Morgan fingerprint density at radius 1 is 1.10 bits per heavy atom. The molecule has 3 atom stereocenters. The number of hydrogen-bond donors (Lipinski definition) is 1. The third-order valence-corrected chi connectivity index (χ3v) is 6.73. The van der Waals surface area contributed by atoms with Crippen molar-refractivity contribution in [2.75, 3.05) is 22.9 Å². The number of anilines is 2. The van der Waals surface area contributed by atoms with Crippen LogP contribution in [0.15, 0.2) is 42.1 Å². The van der Waals surface area contributed by atoms with Crippen LogP contribution in [0.2, 0.25) is 0 Å². The van der Waals surface area contributed by atoms with E-state index in [-0.39, 0.29) is 11.6 Å². The monoisotopic (exact) mass is 420 g/mol. The van der Waals surface area contributed by atoms with E-state index in [0.29, 0.717) is 11.6 Å². The van der Waals surface area contributed by atoms with Gasteiger partial charge in [0.15, 0.2) is 0 Å². The smallest absolute Gasteiger partial charge is 0.416 e. The molecule has 4 rings (SSSR count). The van der Waals surface area contributed by atoms with Crippen LogP contribution >= 0.6 is 0 Å². The molecule has 3 unspecified atom stereocenters. The average Bonchev–Trinajstić information content (AvgIpc) is 2.72. The predicted molar refractivity (Wildman–Crippen MR) is 111 cm³/mol. The Bertz CT molecular complexity index is 878. The second kappa shape index (κ2) is 8.00. The van der Waals surface area contributed by atoms with Gasteiger partial charge in [0.1, 0.15) is 0 Å². The minimum atomic E-state index is -4.44. The number of alkyl halides is 3.